The number of aromatic amines is 1. The summed E-state index contributed by atoms with van der Waals surface area (Å²) in [5.41, 5.74) is 2.28. The van der Waals surface area contributed by atoms with Crippen LogP contribution in [-0.2, 0) is 4.74 Å². The third kappa shape index (κ3) is 3.56. The van der Waals surface area contributed by atoms with Crippen molar-refractivity contribution < 1.29 is 9.53 Å². The Labute approximate surface area is 113 Å². The third-order valence-corrected chi connectivity index (χ3v) is 3.18. The molecule has 4 heteroatoms. The molecule has 19 heavy (non-hydrogen) atoms. The highest BCUT2D eigenvalue weighted by Crippen LogP contribution is 2.14. The molecule has 0 radical (unpaired) electrons. The number of benzene rings is 1. The summed E-state index contributed by atoms with van der Waals surface area (Å²) in [4.78, 5) is 19.1. The van der Waals surface area contributed by atoms with Crippen LogP contribution in [0.25, 0.3) is 11.0 Å². The average molecular weight is 260 g/mol. The number of ether oxygens (including phenoxy) is 1. The van der Waals surface area contributed by atoms with E-state index in [1.807, 2.05) is 13.0 Å². The third-order valence-electron chi connectivity index (χ3n) is 3.18. The van der Waals surface area contributed by atoms with Crippen LogP contribution in [0.2, 0.25) is 0 Å². The zero-order valence-corrected chi connectivity index (χ0v) is 11.5. The number of imidazole rings is 1. The molecule has 1 unspecified atom stereocenters. The van der Waals surface area contributed by atoms with Crippen LogP contribution in [0.1, 0.15) is 49.9 Å². The Morgan fingerprint density at radius 2 is 2.26 bits per heavy atom. The highest BCUT2D eigenvalue weighted by molar-refractivity contribution is 5.93. The number of hydrogen-bond donors (Lipinski definition) is 1. The highest BCUT2D eigenvalue weighted by Gasteiger charge is 2.12. The van der Waals surface area contributed by atoms with Crippen LogP contribution in [-0.4, -0.2) is 22.0 Å². The zero-order chi connectivity index (χ0) is 13.7. The lowest BCUT2D eigenvalue weighted by atomic mass is 10.1. The van der Waals surface area contributed by atoms with Gasteiger partial charge in [0.15, 0.2) is 0 Å². The van der Waals surface area contributed by atoms with Crippen LogP contribution in [0, 0.1) is 0 Å². The first kappa shape index (κ1) is 13.6. The number of unbranched alkanes of at least 4 members (excludes halogenated alkanes) is 2. The van der Waals surface area contributed by atoms with Gasteiger partial charge in [0, 0.05) is 0 Å². The normalized spacial score (nSPS) is 12.5. The van der Waals surface area contributed by atoms with E-state index in [9.17, 15) is 4.79 Å². The summed E-state index contributed by atoms with van der Waals surface area (Å²) in [6, 6.07) is 5.36. The van der Waals surface area contributed by atoms with E-state index in [-0.39, 0.29) is 12.1 Å². The van der Waals surface area contributed by atoms with E-state index in [0.29, 0.717) is 5.56 Å². The Balaban J connectivity index is 1.95. The van der Waals surface area contributed by atoms with Crippen LogP contribution in [0.4, 0.5) is 0 Å². The molecule has 0 bridgehead atoms. The van der Waals surface area contributed by atoms with Crippen LogP contribution in [0.5, 0.6) is 0 Å². The highest BCUT2D eigenvalue weighted by atomic mass is 16.5. The van der Waals surface area contributed by atoms with E-state index >= 15 is 0 Å². The van der Waals surface area contributed by atoms with Gasteiger partial charge in [-0.2, -0.15) is 0 Å². The molecular formula is C15H20N2O2. The first-order valence-corrected chi connectivity index (χ1v) is 6.85. The summed E-state index contributed by atoms with van der Waals surface area (Å²) < 4.78 is 5.44. The van der Waals surface area contributed by atoms with Crippen LogP contribution < -0.4 is 0 Å². The van der Waals surface area contributed by atoms with Crippen molar-refractivity contribution in [3.8, 4) is 0 Å². The molecule has 4 nitrogen and oxygen atoms in total. The van der Waals surface area contributed by atoms with Crippen molar-refractivity contribution in [2.75, 3.05) is 0 Å². The van der Waals surface area contributed by atoms with E-state index < -0.39 is 0 Å². The first-order valence-electron chi connectivity index (χ1n) is 6.85. The fourth-order valence-electron chi connectivity index (χ4n) is 2.05. The van der Waals surface area contributed by atoms with Gasteiger partial charge < -0.3 is 9.72 Å². The molecule has 0 spiro atoms. The average Bonchev–Trinajstić information content (AvgIpc) is 2.86. The van der Waals surface area contributed by atoms with Gasteiger partial charge in [0.05, 0.1) is 29.0 Å². The minimum absolute atomic E-state index is 0.0310. The quantitative estimate of drug-likeness (QED) is 0.636. The number of esters is 1. The molecule has 2 rings (SSSR count). The smallest absolute Gasteiger partial charge is 0.338 e. The van der Waals surface area contributed by atoms with Crippen molar-refractivity contribution in [1.82, 2.24) is 9.97 Å². The predicted octanol–water partition coefficient (Wildman–Crippen LogP) is 3.69. The number of nitrogens with one attached hydrogen (secondary N) is 1. The summed E-state index contributed by atoms with van der Waals surface area (Å²) in [6.45, 7) is 4.11. The summed E-state index contributed by atoms with van der Waals surface area (Å²) >= 11 is 0. The van der Waals surface area contributed by atoms with Gasteiger partial charge in [-0.05, 0) is 38.0 Å². The number of carbonyl (C=O) groups is 1. The van der Waals surface area contributed by atoms with Gasteiger partial charge in [-0.25, -0.2) is 9.78 Å². The van der Waals surface area contributed by atoms with Crippen molar-refractivity contribution >= 4 is 17.0 Å². The molecule has 0 saturated carbocycles. The maximum Gasteiger partial charge on any atom is 0.338 e. The molecule has 0 aliphatic carbocycles. The number of H-pyrrole nitrogens is 1. The maximum absolute atomic E-state index is 12.0. The topological polar surface area (TPSA) is 55.0 Å². The molecule has 1 atom stereocenters. The van der Waals surface area contributed by atoms with E-state index in [2.05, 4.69) is 16.9 Å². The lowest BCUT2D eigenvalue weighted by Gasteiger charge is -2.12. The van der Waals surface area contributed by atoms with E-state index in [0.717, 1.165) is 23.9 Å². The van der Waals surface area contributed by atoms with Gasteiger partial charge in [0.1, 0.15) is 0 Å². The number of fused-ring (bicyclic) bond motifs is 1. The van der Waals surface area contributed by atoms with Crippen molar-refractivity contribution in [3.05, 3.63) is 30.1 Å². The maximum atomic E-state index is 12.0. The number of hydrogen-bond acceptors (Lipinski definition) is 3. The van der Waals surface area contributed by atoms with E-state index in [4.69, 9.17) is 4.74 Å². The van der Waals surface area contributed by atoms with Gasteiger partial charge in [0.25, 0.3) is 0 Å². The molecule has 1 N–H and O–H groups in total. The van der Waals surface area contributed by atoms with E-state index in [1.54, 1.807) is 18.5 Å². The van der Waals surface area contributed by atoms with Gasteiger partial charge in [-0.15, -0.1) is 0 Å². The second kappa shape index (κ2) is 6.36. The Morgan fingerprint density at radius 1 is 1.42 bits per heavy atom. The fourth-order valence-corrected chi connectivity index (χ4v) is 2.05. The van der Waals surface area contributed by atoms with Crippen LogP contribution in [0.3, 0.4) is 0 Å². The molecule has 2 aromatic rings. The summed E-state index contributed by atoms with van der Waals surface area (Å²) in [6.07, 6.45) is 5.97. The number of rotatable bonds is 6. The molecular weight excluding hydrogens is 240 g/mol. The molecule has 0 saturated heterocycles. The SMILES string of the molecule is CCCCCC(C)OC(=O)c1ccc2nc[nH]c2c1. The standard InChI is InChI=1S/C15H20N2O2/c1-3-4-5-6-11(2)19-15(18)12-7-8-13-14(9-12)17-10-16-13/h7-11H,3-6H2,1-2H3,(H,16,17). The minimum Gasteiger partial charge on any atom is -0.459 e. The second-order valence-corrected chi connectivity index (χ2v) is 4.85. The second-order valence-electron chi connectivity index (χ2n) is 4.85. The lowest BCUT2D eigenvalue weighted by Crippen LogP contribution is -2.15. The first-order chi connectivity index (χ1) is 9.20. The summed E-state index contributed by atoms with van der Waals surface area (Å²) in [5.74, 6) is -0.263. The minimum atomic E-state index is -0.263. The number of nitrogens with zero attached hydrogens (tertiary/aromatic N) is 1. The Kier molecular flexibility index (Phi) is 4.55. The molecule has 0 aliphatic heterocycles. The Bertz CT molecular complexity index is 548. The summed E-state index contributed by atoms with van der Waals surface area (Å²) in [5, 5.41) is 0. The van der Waals surface area contributed by atoms with Gasteiger partial charge in [-0.1, -0.05) is 19.8 Å². The van der Waals surface area contributed by atoms with Gasteiger partial charge in [0.2, 0.25) is 0 Å². The van der Waals surface area contributed by atoms with Gasteiger partial charge >= 0.3 is 5.97 Å². The molecule has 0 amide bonds. The molecule has 1 aromatic heterocycles. The largest absolute Gasteiger partial charge is 0.459 e. The summed E-state index contributed by atoms with van der Waals surface area (Å²) in [7, 11) is 0. The Hall–Kier alpha value is -1.84. The molecule has 1 heterocycles. The zero-order valence-electron chi connectivity index (χ0n) is 11.5. The molecule has 0 aliphatic rings. The number of aromatic nitrogens is 2. The van der Waals surface area contributed by atoms with Crippen LogP contribution >= 0.6 is 0 Å². The lowest BCUT2D eigenvalue weighted by molar-refractivity contribution is 0.0320. The van der Waals surface area contributed by atoms with Crippen LogP contribution in [0.15, 0.2) is 24.5 Å². The van der Waals surface area contributed by atoms with Crippen molar-refractivity contribution in [2.24, 2.45) is 0 Å². The van der Waals surface area contributed by atoms with Gasteiger partial charge in [-0.3, -0.25) is 0 Å². The molecule has 102 valence electrons. The predicted molar refractivity (Wildman–Crippen MR) is 75.1 cm³/mol. The monoisotopic (exact) mass is 260 g/mol. The Morgan fingerprint density at radius 3 is 3.05 bits per heavy atom. The molecule has 0 fully saturated rings. The van der Waals surface area contributed by atoms with Crippen molar-refractivity contribution in [3.63, 3.8) is 0 Å². The van der Waals surface area contributed by atoms with Crippen molar-refractivity contribution in [1.29, 1.82) is 0 Å². The molecule has 1 aromatic carbocycles. The number of carbonyl (C=O) groups excluding carboxylic acids is 1. The van der Waals surface area contributed by atoms with E-state index in [1.165, 1.54) is 12.8 Å². The van der Waals surface area contributed by atoms with Crippen molar-refractivity contribution in [2.45, 2.75) is 45.6 Å². The fraction of sp³-hybridized carbons (Fsp3) is 0.467.